The Kier molecular flexibility index (Phi) is 7.61. The van der Waals surface area contributed by atoms with Crippen molar-refractivity contribution in [1.29, 1.82) is 0 Å². The molecule has 2 aromatic rings. The molecular formula is C23H30N2O3. The third-order valence-electron chi connectivity index (χ3n) is 4.67. The molecule has 0 unspecified atom stereocenters. The zero-order valence-electron chi connectivity index (χ0n) is 17.4. The van der Waals surface area contributed by atoms with Crippen LogP contribution < -0.4 is 10.1 Å². The van der Waals surface area contributed by atoms with Crippen LogP contribution in [0.15, 0.2) is 42.5 Å². The van der Waals surface area contributed by atoms with Gasteiger partial charge in [0.2, 0.25) is 5.91 Å². The molecule has 5 heteroatoms. The second-order valence-corrected chi connectivity index (χ2v) is 7.14. The van der Waals surface area contributed by atoms with E-state index in [0.29, 0.717) is 18.8 Å². The highest BCUT2D eigenvalue weighted by Crippen LogP contribution is 2.19. The molecule has 0 radical (unpaired) electrons. The maximum Gasteiger partial charge on any atom is 0.261 e. The quantitative estimate of drug-likeness (QED) is 0.760. The summed E-state index contributed by atoms with van der Waals surface area (Å²) in [6.07, 6.45) is 0. The molecule has 0 bridgehead atoms. The molecule has 0 aromatic heterocycles. The first-order valence-corrected chi connectivity index (χ1v) is 9.64. The van der Waals surface area contributed by atoms with Crippen LogP contribution >= 0.6 is 0 Å². The number of carbonyl (C=O) groups is 2. The molecule has 5 nitrogen and oxygen atoms in total. The largest absolute Gasteiger partial charge is 0.483 e. The van der Waals surface area contributed by atoms with Gasteiger partial charge in [0.25, 0.3) is 5.91 Å². The summed E-state index contributed by atoms with van der Waals surface area (Å²) in [6.45, 7) is 10.4. The van der Waals surface area contributed by atoms with Gasteiger partial charge in [0.1, 0.15) is 11.8 Å². The first-order valence-electron chi connectivity index (χ1n) is 9.64. The number of benzene rings is 2. The van der Waals surface area contributed by atoms with Crippen LogP contribution in [0.3, 0.4) is 0 Å². The molecule has 0 spiro atoms. The van der Waals surface area contributed by atoms with Crippen LogP contribution in [0.2, 0.25) is 0 Å². The number of ether oxygens (including phenoxy) is 1. The summed E-state index contributed by atoms with van der Waals surface area (Å²) in [4.78, 5) is 26.9. The van der Waals surface area contributed by atoms with Gasteiger partial charge in [-0.1, -0.05) is 47.5 Å². The fourth-order valence-corrected chi connectivity index (χ4v) is 2.98. The molecule has 0 aliphatic rings. The van der Waals surface area contributed by atoms with E-state index >= 15 is 0 Å². The maximum absolute atomic E-state index is 12.9. The summed E-state index contributed by atoms with van der Waals surface area (Å²) in [6, 6.07) is 13.2. The van der Waals surface area contributed by atoms with Crippen LogP contribution in [0.4, 0.5) is 0 Å². The van der Waals surface area contributed by atoms with Crippen LogP contribution in [0.1, 0.15) is 36.1 Å². The van der Waals surface area contributed by atoms with Crippen LogP contribution in [0.25, 0.3) is 0 Å². The molecule has 0 saturated heterocycles. The third-order valence-corrected chi connectivity index (χ3v) is 4.67. The molecule has 150 valence electrons. The van der Waals surface area contributed by atoms with E-state index in [1.54, 1.807) is 11.8 Å². The minimum Gasteiger partial charge on any atom is -0.483 e. The van der Waals surface area contributed by atoms with E-state index in [1.165, 1.54) is 0 Å². The second kappa shape index (κ2) is 9.93. The number of nitrogens with one attached hydrogen (secondary N) is 1. The van der Waals surface area contributed by atoms with E-state index in [4.69, 9.17) is 4.74 Å². The number of hydrogen-bond donors (Lipinski definition) is 1. The molecule has 0 fully saturated rings. The average molecular weight is 383 g/mol. The van der Waals surface area contributed by atoms with E-state index in [1.807, 2.05) is 70.2 Å². The molecule has 0 heterocycles. The third kappa shape index (κ3) is 5.84. The van der Waals surface area contributed by atoms with E-state index in [0.717, 1.165) is 22.3 Å². The molecule has 2 aromatic carbocycles. The second-order valence-electron chi connectivity index (χ2n) is 7.14. The number of hydrogen-bond acceptors (Lipinski definition) is 3. The van der Waals surface area contributed by atoms with Crippen molar-refractivity contribution in [2.75, 3.05) is 13.2 Å². The fourth-order valence-electron chi connectivity index (χ4n) is 2.98. The Morgan fingerprint density at radius 2 is 1.68 bits per heavy atom. The Morgan fingerprint density at radius 3 is 2.29 bits per heavy atom. The SMILES string of the molecule is CCNC(=O)[C@@H](C)N(Cc1ccc(C)cc1)C(=O)COc1ccc(C)cc1C. The lowest BCUT2D eigenvalue weighted by Crippen LogP contribution is -2.49. The van der Waals surface area contributed by atoms with Crippen molar-refractivity contribution in [3.05, 3.63) is 64.7 Å². The number of carbonyl (C=O) groups excluding carboxylic acids is 2. The van der Waals surface area contributed by atoms with Gasteiger partial charge < -0.3 is 15.0 Å². The van der Waals surface area contributed by atoms with Gasteiger partial charge in [0.05, 0.1) is 0 Å². The monoisotopic (exact) mass is 382 g/mol. The van der Waals surface area contributed by atoms with Crippen molar-refractivity contribution in [2.24, 2.45) is 0 Å². The highest BCUT2D eigenvalue weighted by Gasteiger charge is 2.26. The average Bonchev–Trinajstić information content (AvgIpc) is 2.66. The Balaban J connectivity index is 2.15. The molecule has 2 amide bonds. The van der Waals surface area contributed by atoms with E-state index in [-0.39, 0.29) is 18.4 Å². The summed E-state index contributed by atoms with van der Waals surface area (Å²) in [5.41, 5.74) is 4.25. The van der Waals surface area contributed by atoms with Gasteiger partial charge >= 0.3 is 0 Å². The molecule has 28 heavy (non-hydrogen) atoms. The minimum atomic E-state index is -0.587. The van der Waals surface area contributed by atoms with E-state index < -0.39 is 6.04 Å². The Hall–Kier alpha value is -2.82. The van der Waals surface area contributed by atoms with Gasteiger partial charge in [-0.25, -0.2) is 0 Å². The standard InChI is InChI=1S/C23H30N2O3/c1-6-24-23(27)19(5)25(14-20-10-7-16(2)8-11-20)22(26)15-28-21-12-9-17(3)13-18(21)4/h7-13,19H,6,14-15H2,1-5H3,(H,24,27)/t19-/m1/s1. The lowest BCUT2D eigenvalue weighted by atomic mass is 10.1. The molecule has 0 aliphatic carbocycles. The van der Waals surface area contributed by atoms with Gasteiger partial charge in [-0.2, -0.15) is 0 Å². The summed E-state index contributed by atoms with van der Waals surface area (Å²) in [7, 11) is 0. The van der Waals surface area contributed by atoms with Crippen molar-refractivity contribution in [2.45, 2.75) is 47.2 Å². The van der Waals surface area contributed by atoms with Gasteiger partial charge in [-0.3, -0.25) is 9.59 Å². The molecular weight excluding hydrogens is 352 g/mol. The van der Waals surface area contributed by atoms with E-state index in [9.17, 15) is 9.59 Å². The predicted molar refractivity (Wildman–Crippen MR) is 111 cm³/mol. The first-order chi connectivity index (χ1) is 13.3. The number of nitrogens with zero attached hydrogens (tertiary/aromatic N) is 1. The summed E-state index contributed by atoms with van der Waals surface area (Å²) >= 11 is 0. The Morgan fingerprint density at radius 1 is 1.04 bits per heavy atom. The molecule has 0 saturated carbocycles. The summed E-state index contributed by atoms with van der Waals surface area (Å²) in [5.74, 6) is 0.286. The van der Waals surface area contributed by atoms with E-state index in [2.05, 4.69) is 5.32 Å². The highest BCUT2D eigenvalue weighted by molar-refractivity contribution is 5.87. The Bertz CT molecular complexity index is 815. The number of aryl methyl sites for hydroxylation is 3. The zero-order valence-corrected chi connectivity index (χ0v) is 17.4. The smallest absolute Gasteiger partial charge is 0.261 e. The van der Waals surface area contributed by atoms with Gasteiger partial charge in [0, 0.05) is 13.1 Å². The Labute approximate surface area is 167 Å². The van der Waals surface area contributed by atoms with Crippen molar-refractivity contribution in [3.8, 4) is 5.75 Å². The van der Waals surface area contributed by atoms with Gasteiger partial charge in [0.15, 0.2) is 6.61 Å². The lowest BCUT2D eigenvalue weighted by molar-refractivity contribution is -0.142. The van der Waals surface area contributed by atoms with Crippen LogP contribution in [0, 0.1) is 20.8 Å². The van der Waals surface area contributed by atoms with Crippen molar-refractivity contribution >= 4 is 11.8 Å². The van der Waals surface area contributed by atoms with Crippen molar-refractivity contribution < 1.29 is 14.3 Å². The van der Waals surface area contributed by atoms with Crippen molar-refractivity contribution in [3.63, 3.8) is 0 Å². The maximum atomic E-state index is 12.9. The summed E-state index contributed by atoms with van der Waals surface area (Å²) in [5, 5.41) is 2.79. The fraction of sp³-hybridized carbons (Fsp3) is 0.391. The lowest BCUT2D eigenvalue weighted by Gasteiger charge is -2.28. The van der Waals surface area contributed by atoms with Gasteiger partial charge in [-0.05, 0) is 51.8 Å². The molecule has 1 N–H and O–H groups in total. The molecule has 2 rings (SSSR count). The first kappa shape index (κ1) is 21.5. The highest BCUT2D eigenvalue weighted by atomic mass is 16.5. The number of rotatable bonds is 8. The van der Waals surface area contributed by atoms with Crippen LogP contribution in [-0.2, 0) is 16.1 Å². The zero-order chi connectivity index (χ0) is 20.7. The van der Waals surface area contributed by atoms with Crippen molar-refractivity contribution in [1.82, 2.24) is 10.2 Å². The normalized spacial score (nSPS) is 11.6. The minimum absolute atomic E-state index is 0.112. The van der Waals surface area contributed by atoms with Crippen LogP contribution in [-0.4, -0.2) is 35.9 Å². The molecule has 0 aliphatic heterocycles. The van der Waals surface area contributed by atoms with Crippen LogP contribution in [0.5, 0.6) is 5.75 Å². The molecule has 1 atom stereocenters. The summed E-state index contributed by atoms with van der Waals surface area (Å²) < 4.78 is 5.76. The predicted octanol–water partition coefficient (Wildman–Crippen LogP) is 3.54. The number of amides is 2. The number of likely N-dealkylation sites (N-methyl/N-ethyl adjacent to an activating group) is 1. The topological polar surface area (TPSA) is 58.6 Å². The van der Waals surface area contributed by atoms with Gasteiger partial charge in [-0.15, -0.1) is 0 Å².